The van der Waals surface area contributed by atoms with Gasteiger partial charge in [0.2, 0.25) is 0 Å². The number of aryl methyl sites for hydroxylation is 1. The van der Waals surface area contributed by atoms with Crippen LogP contribution >= 0.6 is 0 Å². The van der Waals surface area contributed by atoms with Gasteiger partial charge in [-0.25, -0.2) is 4.79 Å². The number of nitrogens with zero attached hydrogens (tertiary/aromatic N) is 1. The predicted octanol–water partition coefficient (Wildman–Crippen LogP) is 4.56. The number of ether oxygens (including phenoxy) is 1. The van der Waals surface area contributed by atoms with Gasteiger partial charge in [0.05, 0.1) is 11.6 Å². The molecular weight excluding hydrogens is 442 g/mol. The molecule has 6 rings (SSSR count). The van der Waals surface area contributed by atoms with E-state index in [9.17, 15) is 14.7 Å². The average Bonchev–Trinajstić information content (AvgIpc) is 3.38. The number of benzene rings is 2. The summed E-state index contributed by atoms with van der Waals surface area (Å²) in [4.78, 5) is 27.7. The fraction of sp³-hybridized carbons (Fsp3) is 0.448. The van der Waals surface area contributed by atoms with Crippen molar-refractivity contribution in [1.29, 1.82) is 0 Å². The lowest BCUT2D eigenvalue weighted by molar-refractivity contribution is -0.157. The van der Waals surface area contributed by atoms with Crippen LogP contribution in [0.3, 0.4) is 0 Å². The minimum absolute atomic E-state index is 0.0217. The lowest BCUT2D eigenvalue weighted by atomic mass is 9.66. The maximum Gasteiger partial charge on any atom is 0.339 e. The van der Waals surface area contributed by atoms with Crippen molar-refractivity contribution in [2.45, 2.75) is 63.0 Å². The molecule has 2 fully saturated rings. The van der Waals surface area contributed by atoms with Crippen molar-refractivity contribution < 1.29 is 19.1 Å². The van der Waals surface area contributed by atoms with E-state index in [0.29, 0.717) is 24.3 Å². The maximum atomic E-state index is 13.5. The molecule has 1 saturated heterocycles. The van der Waals surface area contributed by atoms with Crippen molar-refractivity contribution in [3.63, 3.8) is 0 Å². The third-order valence-electron chi connectivity index (χ3n) is 8.34. The molecule has 3 aliphatic rings. The van der Waals surface area contributed by atoms with Crippen LogP contribution in [-0.2, 0) is 17.6 Å². The Morgan fingerprint density at radius 1 is 1.06 bits per heavy atom. The third-order valence-corrected chi connectivity index (χ3v) is 8.34. The van der Waals surface area contributed by atoms with E-state index in [4.69, 9.17) is 9.15 Å². The molecule has 0 bridgehead atoms. The molecule has 3 aromatic rings. The molecule has 1 aliphatic heterocycles. The minimum Gasteiger partial charge on any atom is -0.484 e. The largest absolute Gasteiger partial charge is 0.484 e. The minimum atomic E-state index is -0.716. The fourth-order valence-electron chi connectivity index (χ4n) is 6.61. The van der Waals surface area contributed by atoms with Gasteiger partial charge in [0.25, 0.3) is 5.91 Å². The smallest absolute Gasteiger partial charge is 0.339 e. The van der Waals surface area contributed by atoms with Gasteiger partial charge in [0.15, 0.2) is 6.61 Å². The molecule has 2 aliphatic carbocycles. The first-order valence-corrected chi connectivity index (χ1v) is 12.8. The SMILES string of the molecule is O=C(COc1ccc2c3c(c(=O)oc2c1)CCC3)N1CCC2(O)CCCCC2C1c1ccccc1. The number of amides is 1. The third kappa shape index (κ3) is 3.94. The lowest BCUT2D eigenvalue weighted by Crippen LogP contribution is -2.56. The predicted molar refractivity (Wildman–Crippen MR) is 132 cm³/mol. The van der Waals surface area contributed by atoms with E-state index in [0.717, 1.165) is 67.0 Å². The first kappa shape index (κ1) is 22.4. The Hall–Kier alpha value is -3.12. The van der Waals surface area contributed by atoms with E-state index in [1.807, 2.05) is 35.2 Å². The molecule has 1 saturated carbocycles. The van der Waals surface area contributed by atoms with Gasteiger partial charge in [-0.3, -0.25) is 4.79 Å². The molecule has 3 unspecified atom stereocenters. The molecule has 6 heteroatoms. The molecule has 182 valence electrons. The van der Waals surface area contributed by atoms with Crippen molar-refractivity contribution >= 4 is 16.9 Å². The van der Waals surface area contributed by atoms with Crippen LogP contribution in [0.5, 0.6) is 5.75 Å². The number of carbonyl (C=O) groups excluding carboxylic acids is 1. The number of hydrogen-bond donors (Lipinski definition) is 1. The van der Waals surface area contributed by atoms with Crippen LogP contribution in [0.4, 0.5) is 0 Å². The standard InChI is InChI=1S/C29H31NO5/c31-26(18-34-20-12-13-22-21-9-6-10-23(21)28(32)35-25(22)17-20)30-16-15-29(33)14-5-4-11-24(29)27(30)19-7-2-1-3-8-19/h1-3,7-8,12-13,17,24,27,33H,4-6,9-11,14-16,18H2. The number of piperidine rings is 1. The van der Waals surface area contributed by atoms with Gasteiger partial charge < -0.3 is 19.2 Å². The highest BCUT2D eigenvalue weighted by molar-refractivity contribution is 5.83. The summed E-state index contributed by atoms with van der Waals surface area (Å²) >= 11 is 0. The van der Waals surface area contributed by atoms with E-state index >= 15 is 0 Å². The quantitative estimate of drug-likeness (QED) is 0.562. The summed E-state index contributed by atoms with van der Waals surface area (Å²) in [5.74, 6) is 0.435. The summed E-state index contributed by atoms with van der Waals surface area (Å²) in [6, 6.07) is 15.4. The van der Waals surface area contributed by atoms with Crippen molar-refractivity contribution in [3.8, 4) is 5.75 Å². The fourth-order valence-corrected chi connectivity index (χ4v) is 6.61. The summed E-state index contributed by atoms with van der Waals surface area (Å²) in [6.45, 7) is 0.405. The van der Waals surface area contributed by atoms with Gasteiger partial charge in [-0.15, -0.1) is 0 Å². The zero-order chi connectivity index (χ0) is 24.0. The number of aliphatic hydroxyl groups is 1. The van der Waals surface area contributed by atoms with Crippen molar-refractivity contribution in [1.82, 2.24) is 4.90 Å². The molecule has 0 spiro atoms. The molecule has 1 amide bonds. The maximum absolute atomic E-state index is 13.5. The number of fused-ring (bicyclic) bond motifs is 4. The number of hydrogen-bond acceptors (Lipinski definition) is 5. The first-order valence-electron chi connectivity index (χ1n) is 12.8. The van der Waals surface area contributed by atoms with Crippen molar-refractivity contribution in [3.05, 3.63) is 75.6 Å². The van der Waals surface area contributed by atoms with Gasteiger partial charge >= 0.3 is 5.63 Å². The highest BCUT2D eigenvalue weighted by Gasteiger charge is 2.50. The molecular formula is C29H31NO5. The number of carbonyl (C=O) groups is 1. The summed E-state index contributed by atoms with van der Waals surface area (Å²) in [7, 11) is 0. The Bertz CT molecular complexity index is 1320. The normalized spacial score (nSPS) is 25.8. The summed E-state index contributed by atoms with van der Waals surface area (Å²) in [5, 5.41) is 12.4. The van der Waals surface area contributed by atoms with Crippen molar-refractivity contribution in [2.75, 3.05) is 13.2 Å². The van der Waals surface area contributed by atoms with Crippen LogP contribution in [0, 0.1) is 5.92 Å². The molecule has 1 aromatic heterocycles. The van der Waals surface area contributed by atoms with Gasteiger partial charge in [0, 0.05) is 29.5 Å². The Balaban J connectivity index is 1.24. The van der Waals surface area contributed by atoms with E-state index < -0.39 is 5.60 Å². The zero-order valence-corrected chi connectivity index (χ0v) is 19.9. The molecule has 0 radical (unpaired) electrons. The summed E-state index contributed by atoms with van der Waals surface area (Å²) < 4.78 is 11.5. The second-order valence-corrected chi connectivity index (χ2v) is 10.3. The summed E-state index contributed by atoms with van der Waals surface area (Å²) in [6.07, 6.45) is 7.04. The number of likely N-dealkylation sites (tertiary alicyclic amines) is 1. The van der Waals surface area contributed by atoms with Gasteiger partial charge in [-0.05, 0) is 61.8 Å². The molecule has 6 nitrogen and oxygen atoms in total. The summed E-state index contributed by atoms with van der Waals surface area (Å²) in [5.41, 5.74) is 2.46. The Morgan fingerprint density at radius 2 is 1.89 bits per heavy atom. The zero-order valence-electron chi connectivity index (χ0n) is 19.9. The Morgan fingerprint density at radius 3 is 2.74 bits per heavy atom. The highest BCUT2D eigenvalue weighted by Crippen LogP contribution is 2.49. The molecule has 3 atom stereocenters. The Labute approximate surface area is 204 Å². The van der Waals surface area contributed by atoms with Crippen LogP contribution in [-0.4, -0.2) is 34.7 Å². The monoisotopic (exact) mass is 473 g/mol. The van der Waals surface area contributed by atoms with Gasteiger partial charge in [-0.1, -0.05) is 43.2 Å². The van der Waals surface area contributed by atoms with Crippen LogP contribution < -0.4 is 10.4 Å². The second-order valence-electron chi connectivity index (χ2n) is 10.3. The van der Waals surface area contributed by atoms with E-state index in [1.165, 1.54) is 0 Å². The van der Waals surface area contributed by atoms with Crippen LogP contribution in [0.2, 0.25) is 0 Å². The van der Waals surface area contributed by atoms with Crippen LogP contribution in [0.15, 0.2) is 57.7 Å². The van der Waals surface area contributed by atoms with E-state index in [-0.39, 0.29) is 30.1 Å². The molecule has 1 N–H and O–H groups in total. The molecule has 2 aromatic carbocycles. The van der Waals surface area contributed by atoms with Crippen LogP contribution in [0.25, 0.3) is 11.0 Å². The van der Waals surface area contributed by atoms with Gasteiger partial charge in [-0.2, -0.15) is 0 Å². The van der Waals surface area contributed by atoms with Crippen LogP contribution in [0.1, 0.15) is 61.3 Å². The topological polar surface area (TPSA) is 80.0 Å². The second kappa shape index (κ2) is 8.83. The highest BCUT2D eigenvalue weighted by atomic mass is 16.5. The molecule has 35 heavy (non-hydrogen) atoms. The Kier molecular flexibility index (Phi) is 5.64. The number of rotatable bonds is 4. The first-order chi connectivity index (χ1) is 17.0. The lowest BCUT2D eigenvalue weighted by Gasteiger charge is -2.52. The van der Waals surface area contributed by atoms with Gasteiger partial charge in [0.1, 0.15) is 11.3 Å². The van der Waals surface area contributed by atoms with Crippen molar-refractivity contribution in [2.24, 2.45) is 5.92 Å². The van der Waals surface area contributed by atoms with E-state index in [1.54, 1.807) is 6.07 Å². The molecule has 2 heterocycles. The van der Waals surface area contributed by atoms with E-state index in [2.05, 4.69) is 12.1 Å². The average molecular weight is 474 g/mol.